The van der Waals surface area contributed by atoms with Crippen molar-refractivity contribution >= 4 is 10.0 Å². The molecule has 0 bridgehead atoms. The van der Waals surface area contributed by atoms with Crippen molar-refractivity contribution in [1.82, 2.24) is 4.72 Å². The van der Waals surface area contributed by atoms with Gasteiger partial charge in [-0.1, -0.05) is 0 Å². The monoisotopic (exact) mass is 329 g/mol. The summed E-state index contributed by atoms with van der Waals surface area (Å²) in [7, 11) is -1.71. The molecule has 0 amide bonds. The zero-order valence-corrected chi connectivity index (χ0v) is 12.0. The average Bonchev–Trinajstić information content (AvgIpc) is 2.42. The molecule has 1 unspecified atom stereocenters. The minimum atomic E-state index is -4.91. The SMILES string of the molecule is COc1ccc(S(=O)(=O)NCC(O)C(F)(F)F)c(OC)c1. The zero-order chi connectivity index (χ0) is 16.3. The average molecular weight is 329 g/mol. The van der Waals surface area contributed by atoms with Crippen molar-refractivity contribution in [3.05, 3.63) is 18.2 Å². The molecule has 21 heavy (non-hydrogen) atoms. The standard InChI is InChI=1S/C11H14F3NO5S/c1-19-7-3-4-9(8(5-7)20-2)21(17,18)15-6-10(16)11(12,13)14/h3-5,10,15-16H,6H2,1-2H3. The molecule has 10 heteroatoms. The van der Waals surface area contributed by atoms with E-state index in [1.165, 1.54) is 26.4 Å². The highest BCUT2D eigenvalue weighted by Crippen LogP contribution is 2.28. The summed E-state index contributed by atoms with van der Waals surface area (Å²) in [6.45, 7) is -1.19. The normalized spacial score (nSPS) is 13.8. The summed E-state index contributed by atoms with van der Waals surface area (Å²) in [6.07, 6.45) is -7.71. The van der Waals surface area contributed by atoms with E-state index in [1.54, 1.807) is 4.72 Å². The van der Waals surface area contributed by atoms with E-state index in [0.717, 1.165) is 6.07 Å². The Kier molecular flexibility index (Phi) is 5.42. The fraction of sp³-hybridized carbons (Fsp3) is 0.455. The summed E-state index contributed by atoms with van der Waals surface area (Å²) in [4.78, 5) is -0.361. The molecule has 1 rings (SSSR count). The van der Waals surface area contributed by atoms with Gasteiger partial charge in [-0.3, -0.25) is 0 Å². The lowest BCUT2D eigenvalue weighted by Gasteiger charge is -2.16. The highest BCUT2D eigenvalue weighted by molar-refractivity contribution is 7.89. The van der Waals surface area contributed by atoms with Gasteiger partial charge in [0.15, 0.2) is 6.10 Å². The van der Waals surface area contributed by atoms with Crippen LogP contribution in [-0.2, 0) is 10.0 Å². The lowest BCUT2D eigenvalue weighted by Crippen LogP contribution is -2.40. The van der Waals surface area contributed by atoms with Crippen LogP contribution >= 0.6 is 0 Å². The fourth-order valence-corrected chi connectivity index (χ4v) is 2.57. The lowest BCUT2D eigenvalue weighted by molar-refractivity contribution is -0.200. The van der Waals surface area contributed by atoms with Gasteiger partial charge in [0.2, 0.25) is 10.0 Å². The van der Waals surface area contributed by atoms with E-state index in [-0.39, 0.29) is 10.6 Å². The number of hydrogen-bond acceptors (Lipinski definition) is 5. The molecule has 0 spiro atoms. The van der Waals surface area contributed by atoms with Crippen LogP contribution in [0, 0.1) is 0 Å². The van der Waals surface area contributed by atoms with E-state index in [9.17, 15) is 21.6 Å². The number of nitrogens with one attached hydrogen (secondary N) is 1. The van der Waals surface area contributed by atoms with E-state index in [1.807, 2.05) is 0 Å². The Morgan fingerprint density at radius 2 is 1.90 bits per heavy atom. The van der Waals surface area contributed by atoms with Gasteiger partial charge >= 0.3 is 6.18 Å². The molecule has 0 radical (unpaired) electrons. The summed E-state index contributed by atoms with van der Waals surface area (Å²) < 4.78 is 71.7. The summed E-state index contributed by atoms with van der Waals surface area (Å²) in [5, 5.41) is 8.80. The van der Waals surface area contributed by atoms with Gasteiger partial charge in [0.25, 0.3) is 0 Å². The number of alkyl halides is 3. The van der Waals surface area contributed by atoms with Gasteiger partial charge in [0.1, 0.15) is 16.4 Å². The maximum absolute atomic E-state index is 12.1. The van der Waals surface area contributed by atoms with Gasteiger partial charge < -0.3 is 14.6 Å². The van der Waals surface area contributed by atoms with E-state index >= 15 is 0 Å². The minimum Gasteiger partial charge on any atom is -0.497 e. The van der Waals surface area contributed by atoms with Crippen LogP contribution in [0.1, 0.15) is 0 Å². The molecular weight excluding hydrogens is 315 g/mol. The zero-order valence-electron chi connectivity index (χ0n) is 11.1. The van der Waals surface area contributed by atoms with Gasteiger partial charge in [-0.2, -0.15) is 13.2 Å². The predicted octanol–water partition coefficient (Wildman–Crippen LogP) is 0.905. The molecule has 0 saturated heterocycles. The molecule has 0 aliphatic rings. The second kappa shape index (κ2) is 6.50. The molecule has 0 saturated carbocycles. The van der Waals surface area contributed by atoms with Crippen LogP contribution in [0.25, 0.3) is 0 Å². The topological polar surface area (TPSA) is 84.9 Å². The smallest absolute Gasteiger partial charge is 0.415 e. The number of halogens is 3. The second-order valence-electron chi connectivity index (χ2n) is 3.93. The Balaban J connectivity index is 2.98. The molecule has 1 aromatic rings. The first-order valence-corrected chi connectivity index (χ1v) is 7.06. The molecule has 2 N–H and O–H groups in total. The van der Waals surface area contributed by atoms with Crippen LogP contribution in [0.3, 0.4) is 0 Å². The van der Waals surface area contributed by atoms with Gasteiger partial charge in [-0.15, -0.1) is 0 Å². The van der Waals surface area contributed by atoms with Crippen LogP contribution in [0.2, 0.25) is 0 Å². The van der Waals surface area contributed by atoms with E-state index in [2.05, 4.69) is 0 Å². The van der Waals surface area contributed by atoms with E-state index in [4.69, 9.17) is 14.6 Å². The summed E-state index contributed by atoms with van der Waals surface area (Å²) in [6, 6.07) is 3.71. The van der Waals surface area contributed by atoms with E-state index < -0.39 is 28.8 Å². The van der Waals surface area contributed by atoms with Crippen molar-refractivity contribution in [2.45, 2.75) is 17.2 Å². The largest absolute Gasteiger partial charge is 0.497 e. The second-order valence-corrected chi connectivity index (χ2v) is 5.66. The molecular formula is C11H14F3NO5S. The first kappa shape index (κ1) is 17.5. The third-order valence-electron chi connectivity index (χ3n) is 2.50. The Labute approximate surface area is 119 Å². The highest BCUT2D eigenvalue weighted by Gasteiger charge is 2.39. The molecule has 0 aliphatic heterocycles. The molecule has 1 aromatic carbocycles. The molecule has 120 valence electrons. The van der Waals surface area contributed by atoms with Crippen LogP contribution in [0.5, 0.6) is 11.5 Å². The van der Waals surface area contributed by atoms with Crippen LogP contribution in [-0.4, -0.2) is 46.6 Å². The molecule has 6 nitrogen and oxygen atoms in total. The predicted molar refractivity (Wildman–Crippen MR) is 66.8 cm³/mol. The maximum atomic E-state index is 12.1. The molecule has 0 fully saturated rings. The Bertz CT molecular complexity index is 588. The molecule has 0 aromatic heterocycles. The Morgan fingerprint density at radius 3 is 2.38 bits per heavy atom. The van der Waals surface area contributed by atoms with Crippen LogP contribution in [0.4, 0.5) is 13.2 Å². The summed E-state index contributed by atoms with van der Waals surface area (Å²) in [5.74, 6) is 0.226. The minimum absolute atomic E-state index is 0.0941. The number of hydrogen-bond donors (Lipinski definition) is 2. The number of rotatable bonds is 6. The number of ether oxygens (including phenoxy) is 2. The van der Waals surface area contributed by atoms with Gasteiger partial charge in [0.05, 0.1) is 14.2 Å². The third kappa shape index (κ3) is 4.48. The molecule has 0 aliphatic carbocycles. The van der Waals surface area contributed by atoms with Crippen molar-refractivity contribution in [3.63, 3.8) is 0 Å². The first-order valence-electron chi connectivity index (χ1n) is 5.58. The fourth-order valence-electron chi connectivity index (χ4n) is 1.38. The number of aliphatic hydroxyl groups is 1. The van der Waals surface area contributed by atoms with Crippen LogP contribution in [0.15, 0.2) is 23.1 Å². The van der Waals surface area contributed by atoms with Gasteiger partial charge in [0, 0.05) is 12.6 Å². The van der Waals surface area contributed by atoms with Gasteiger partial charge in [-0.25, -0.2) is 13.1 Å². The molecule has 1 atom stereocenters. The quantitative estimate of drug-likeness (QED) is 0.810. The van der Waals surface area contributed by atoms with E-state index in [0.29, 0.717) is 5.75 Å². The lowest BCUT2D eigenvalue weighted by atomic mass is 10.3. The Hall–Kier alpha value is -1.52. The highest BCUT2D eigenvalue weighted by atomic mass is 32.2. The Morgan fingerprint density at radius 1 is 1.29 bits per heavy atom. The molecule has 0 heterocycles. The summed E-state index contributed by atoms with van der Waals surface area (Å²) in [5.41, 5.74) is 0. The van der Waals surface area contributed by atoms with Crippen LogP contribution < -0.4 is 14.2 Å². The van der Waals surface area contributed by atoms with Crippen molar-refractivity contribution in [2.75, 3.05) is 20.8 Å². The number of sulfonamides is 1. The number of aliphatic hydroxyl groups excluding tert-OH is 1. The van der Waals surface area contributed by atoms with Crippen molar-refractivity contribution in [3.8, 4) is 11.5 Å². The van der Waals surface area contributed by atoms with Crippen molar-refractivity contribution < 1.29 is 36.2 Å². The van der Waals surface area contributed by atoms with Gasteiger partial charge in [-0.05, 0) is 12.1 Å². The van der Waals surface area contributed by atoms with Crippen molar-refractivity contribution in [2.24, 2.45) is 0 Å². The number of benzene rings is 1. The number of methoxy groups -OCH3 is 2. The maximum Gasteiger partial charge on any atom is 0.415 e. The first-order chi connectivity index (χ1) is 9.61. The van der Waals surface area contributed by atoms with Crippen molar-refractivity contribution in [1.29, 1.82) is 0 Å². The summed E-state index contributed by atoms with van der Waals surface area (Å²) >= 11 is 0. The third-order valence-corrected chi connectivity index (χ3v) is 3.97.